The number of pyridine rings is 1. The van der Waals surface area contributed by atoms with Crippen LogP contribution in [-0.4, -0.2) is 23.6 Å². The van der Waals surface area contributed by atoms with E-state index in [1.165, 1.54) is 0 Å². The van der Waals surface area contributed by atoms with Crippen molar-refractivity contribution in [2.24, 2.45) is 0 Å². The highest BCUT2D eigenvalue weighted by Gasteiger charge is 2.20. The standard InChI is InChI=1S/C25H18BrNO4/c26-18-5-3-4-16(12-18)14-27-15-20(25(29)19-6-1-2-7-21(19)27)24(28)17-8-9-22-23(13-17)31-11-10-30-22/h1-9,12-13,15H,10-11,14H2. The van der Waals surface area contributed by atoms with Gasteiger partial charge in [0.25, 0.3) is 0 Å². The number of rotatable bonds is 4. The first-order valence-corrected chi connectivity index (χ1v) is 10.7. The molecular weight excluding hydrogens is 458 g/mol. The zero-order valence-electron chi connectivity index (χ0n) is 16.5. The largest absolute Gasteiger partial charge is 0.486 e. The molecule has 0 aliphatic carbocycles. The fraction of sp³-hybridized carbons (Fsp3) is 0.120. The van der Waals surface area contributed by atoms with Crippen LogP contribution in [0.4, 0.5) is 0 Å². The second-order valence-corrected chi connectivity index (χ2v) is 8.25. The molecule has 0 fully saturated rings. The zero-order chi connectivity index (χ0) is 21.4. The van der Waals surface area contributed by atoms with Crippen molar-refractivity contribution in [1.82, 2.24) is 4.57 Å². The van der Waals surface area contributed by atoms with Gasteiger partial charge in [0, 0.05) is 28.2 Å². The number of carbonyl (C=O) groups excluding carboxylic acids is 1. The van der Waals surface area contributed by atoms with Crippen LogP contribution in [-0.2, 0) is 6.54 Å². The number of aromatic nitrogens is 1. The molecular formula is C25H18BrNO4. The average molecular weight is 476 g/mol. The van der Waals surface area contributed by atoms with Crippen molar-refractivity contribution in [3.8, 4) is 11.5 Å². The van der Waals surface area contributed by atoms with Crippen molar-refractivity contribution in [1.29, 1.82) is 0 Å². The van der Waals surface area contributed by atoms with Crippen LogP contribution < -0.4 is 14.9 Å². The van der Waals surface area contributed by atoms with E-state index in [-0.39, 0.29) is 16.8 Å². The van der Waals surface area contributed by atoms with Crippen LogP contribution in [0, 0.1) is 0 Å². The number of fused-ring (bicyclic) bond motifs is 2. The number of ether oxygens (including phenoxy) is 2. The minimum absolute atomic E-state index is 0.130. The first kappa shape index (κ1) is 19.6. The molecule has 0 saturated carbocycles. The van der Waals surface area contributed by atoms with Crippen molar-refractivity contribution in [2.45, 2.75) is 6.54 Å². The van der Waals surface area contributed by atoms with Crippen LogP contribution in [0.1, 0.15) is 21.5 Å². The third-order valence-corrected chi connectivity index (χ3v) is 5.77. The van der Waals surface area contributed by atoms with E-state index in [9.17, 15) is 9.59 Å². The van der Waals surface area contributed by atoms with Crippen molar-refractivity contribution in [2.75, 3.05) is 13.2 Å². The van der Waals surface area contributed by atoms with E-state index in [0.717, 1.165) is 15.6 Å². The summed E-state index contributed by atoms with van der Waals surface area (Å²) < 4.78 is 14.1. The van der Waals surface area contributed by atoms with E-state index in [1.807, 2.05) is 47.0 Å². The highest BCUT2D eigenvalue weighted by molar-refractivity contribution is 9.10. The molecule has 0 unspecified atom stereocenters. The summed E-state index contributed by atoms with van der Waals surface area (Å²) in [5.74, 6) is 0.788. The number of para-hydroxylation sites is 1. The molecule has 3 aromatic carbocycles. The van der Waals surface area contributed by atoms with Gasteiger partial charge in [-0.15, -0.1) is 0 Å². The van der Waals surface area contributed by atoms with Crippen molar-refractivity contribution < 1.29 is 14.3 Å². The van der Waals surface area contributed by atoms with Gasteiger partial charge >= 0.3 is 0 Å². The molecule has 0 saturated heterocycles. The summed E-state index contributed by atoms with van der Waals surface area (Å²) in [5.41, 5.74) is 2.09. The van der Waals surface area contributed by atoms with E-state index in [4.69, 9.17) is 9.47 Å². The van der Waals surface area contributed by atoms with Gasteiger partial charge in [-0.2, -0.15) is 0 Å². The molecule has 4 aromatic rings. The summed E-state index contributed by atoms with van der Waals surface area (Å²) in [6, 6.07) is 20.3. The number of nitrogens with zero attached hydrogens (tertiary/aromatic N) is 1. The summed E-state index contributed by atoms with van der Waals surface area (Å²) in [6.07, 6.45) is 1.66. The van der Waals surface area contributed by atoms with E-state index >= 15 is 0 Å². The van der Waals surface area contributed by atoms with E-state index in [0.29, 0.717) is 42.2 Å². The Balaban J connectivity index is 1.62. The fourth-order valence-electron chi connectivity index (χ4n) is 3.81. The number of hydrogen-bond acceptors (Lipinski definition) is 4. The molecule has 31 heavy (non-hydrogen) atoms. The monoisotopic (exact) mass is 475 g/mol. The molecule has 0 radical (unpaired) electrons. The summed E-state index contributed by atoms with van der Waals surface area (Å²) in [6.45, 7) is 1.44. The lowest BCUT2D eigenvalue weighted by atomic mass is 10.0. The molecule has 6 heteroatoms. The van der Waals surface area contributed by atoms with Gasteiger partial charge in [-0.25, -0.2) is 0 Å². The molecule has 154 valence electrons. The van der Waals surface area contributed by atoms with Crippen molar-refractivity contribution in [3.05, 3.63) is 104 Å². The number of carbonyl (C=O) groups is 1. The molecule has 2 heterocycles. The van der Waals surface area contributed by atoms with Gasteiger partial charge in [-0.1, -0.05) is 40.2 Å². The Morgan fingerprint density at radius 1 is 0.935 bits per heavy atom. The molecule has 0 bridgehead atoms. The molecule has 5 rings (SSSR count). The maximum absolute atomic E-state index is 13.3. The number of hydrogen-bond donors (Lipinski definition) is 0. The van der Waals surface area contributed by atoms with Gasteiger partial charge in [-0.05, 0) is 48.0 Å². The summed E-state index contributed by atoms with van der Waals surface area (Å²) >= 11 is 3.50. The Morgan fingerprint density at radius 3 is 2.58 bits per heavy atom. The predicted octanol–water partition coefficient (Wildman–Crippen LogP) is 4.81. The Hall–Kier alpha value is -3.38. The van der Waals surface area contributed by atoms with Crippen LogP contribution in [0.15, 0.2) is 82.2 Å². The molecule has 1 aromatic heterocycles. The smallest absolute Gasteiger partial charge is 0.200 e. The Bertz CT molecular complexity index is 1380. The minimum atomic E-state index is -0.337. The summed E-state index contributed by atoms with van der Waals surface area (Å²) in [7, 11) is 0. The van der Waals surface area contributed by atoms with Crippen LogP contribution in [0.5, 0.6) is 11.5 Å². The number of halogens is 1. The number of ketones is 1. The molecule has 5 nitrogen and oxygen atoms in total. The minimum Gasteiger partial charge on any atom is -0.486 e. The first-order chi connectivity index (χ1) is 15.1. The van der Waals surface area contributed by atoms with Crippen LogP contribution in [0.3, 0.4) is 0 Å². The molecule has 0 amide bonds. The van der Waals surface area contributed by atoms with Gasteiger partial charge in [0.15, 0.2) is 17.3 Å². The van der Waals surface area contributed by atoms with E-state index in [2.05, 4.69) is 15.9 Å². The van der Waals surface area contributed by atoms with Crippen LogP contribution >= 0.6 is 15.9 Å². The second-order valence-electron chi connectivity index (χ2n) is 7.33. The molecule has 1 aliphatic rings. The lowest BCUT2D eigenvalue weighted by Gasteiger charge is -2.19. The summed E-state index contributed by atoms with van der Waals surface area (Å²) in [5, 5.41) is 0.515. The molecule has 0 N–H and O–H groups in total. The lowest BCUT2D eigenvalue weighted by Crippen LogP contribution is -2.21. The van der Waals surface area contributed by atoms with Crippen LogP contribution in [0.2, 0.25) is 0 Å². The number of benzene rings is 3. The topological polar surface area (TPSA) is 57.5 Å². The van der Waals surface area contributed by atoms with E-state index < -0.39 is 0 Å². The lowest BCUT2D eigenvalue weighted by molar-refractivity contribution is 0.103. The quantitative estimate of drug-likeness (QED) is 0.397. The maximum Gasteiger partial charge on any atom is 0.200 e. The van der Waals surface area contributed by atoms with Crippen LogP contribution in [0.25, 0.3) is 10.9 Å². The van der Waals surface area contributed by atoms with Gasteiger partial charge in [0.05, 0.1) is 11.1 Å². The van der Waals surface area contributed by atoms with Crippen molar-refractivity contribution in [3.63, 3.8) is 0 Å². The SMILES string of the molecule is O=C(c1ccc2c(c1)OCCO2)c1cn(Cc2cccc(Br)c2)c2ccccc2c1=O. The second kappa shape index (κ2) is 8.04. The molecule has 0 spiro atoms. The van der Waals surface area contributed by atoms with E-state index in [1.54, 1.807) is 30.5 Å². The van der Waals surface area contributed by atoms with Gasteiger partial charge in [0.1, 0.15) is 13.2 Å². The fourth-order valence-corrected chi connectivity index (χ4v) is 4.26. The first-order valence-electron chi connectivity index (χ1n) is 9.91. The van der Waals surface area contributed by atoms with Crippen molar-refractivity contribution >= 4 is 32.6 Å². The highest BCUT2D eigenvalue weighted by atomic mass is 79.9. The average Bonchev–Trinajstić information content (AvgIpc) is 2.80. The highest BCUT2D eigenvalue weighted by Crippen LogP contribution is 2.31. The van der Waals surface area contributed by atoms with Gasteiger partial charge in [0.2, 0.25) is 5.43 Å². The third-order valence-electron chi connectivity index (χ3n) is 5.28. The zero-order valence-corrected chi connectivity index (χ0v) is 18.1. The molecule has 1 aliphatic heterocycles. The Labute approximate surface area is 187 Å². The molecule has 0 atom stereocenters. The maximum atomic E-state index is 13.3. The predicted molar refractivity (Wildman–Crippen MR) is 122 cm³/mol. The Morgan fingerprint density at radius 2 is 1.74 bits per heavy atom. The van der Waals surface area contributed by atoms with Gasteiger partial charge in [-0.3, -0.25) is 9.59 Å². The summed E-state index contributed by atoms with van der Waals surface area (Å²) in [4.78, 5) is 26.5. The third kappa shape index (κ3) is 3.75. The Kier molecular flexibility index (Phi) is 5.08. The normalized spacial score (nSPS) is 12.7. The van der Waals surface area contributed by atoms with Gasteiger partial charge < -0.3 is 14.0 Å².